The fourth-order valence-corrected chi connectivity index (χ4v) is 2.17. The van der Waals surface area contributed by atoms with E-state index in [4.69, 9.17) is 21.8 Å². The lowest BCUT2D eigenvalue weighted by Gasteiger charge is -2.34. The molecule has 0 saturated carbocycles. The van der Waals surface area contributed by atoms with Gasteiger partial charge in [-0.1, -0.05) is 32.4 Å². The van der Waals surface area contributed by atoms with Crippen LogP contribution < -0.4 is 5.73 Å². The third-order valence-corrected chi connectivity index (χ3v) is 3.57. The number of hydrogen-bond donors (Lipinski definition) is 1. The molecule has 2 rings (SSSR count). The smallest absolute Gasteiger partial charge is 0.185 e. The molecular weight excluding hydrogens is 253 g/mol. The first kappa shape index (κ1) is 13.4. The van der Waals surface area contributed by atoms with Crippen LogP contribution in [0.3, 0.4) is 0 Å². The third-order valence-electron chi connectivity index (χ3n) is 3.34. The number of fused-ring (bicyclic) bond motifs is 1. The van der Waals surface area contributed by atoms with E-state index in [9.17, 15) is 0 Å². The van der Waals surface area contributed by atoms with Gasteiger partial charge in [-0.05, 0) is 24.3 Å². The molecule has 4 heteroatoms. The van der Waals surface area contributed by atoms with Crippen LogP contribution in [-0.4, -0.2) is 6.54 Å². The van der Waals surface area contributed by atoms with Gasteiger partial charge in [0.1, 0.15) is 11.3 Å². The zero-order chi connectivity index (χ0) is 13.6. The van der Waals surface area contributed by atoms with Crippen molar-refractivity contribution in [1.29, 1.82) is 0 Å². The van der Waals surface area contributed by atoms with E-state index in [2.05, 4.69) is 0 Å². The molecule has 1 heterocycles. The summed E-state index contributed by atoms with van der Waals surface area (Å²) >= 11 is 5.91. The van der Waals surface area contributed by atoms with Gasteiger partial charge in [0.15, 0.2) is 5.67 Å². The van der Waals surface area contributed by atoms with Crippen molar-refractivity contribution in [3.8, 4) is 0 Å². The SMILES string of the molecule is CC(C)(C)C(F)(CN)c1cc2cc(Cl)ccc2o1. The molecule has 0 fully saturated rings. The van der Waals surface area contributed by atoms with Crippen molar-refractivity contribution >= 4 is 22.6 Å². The molecule has 0 saturated heterocycles. The van der Waals surface area contributed by atoms with Crippen LogP contribution in [0.15, 0.2) is 28.7 Å². The Kier molecular flexibility index (Phi) is 3.16. The first-order valence-electron chi connectivity index (χ1n) is 5.86. The Labute approximate surface area is 111 Å². The molecule has 98 valence electrons. The highest BCUT2D eigenvalue weighted by molar-refractivity contribution is 6.31. The summed E-state index contributed by atoms with van der Waals surface area (Å²) in [7, 11) is 0. The van der Waals surface area contributed by atoms with Gasteiger partial charge in [0, 0.05) is 22.4 Å². The van der Waals surface area contributed by atoms with E-state index in [-0.39, 0.29) is 12.3 Å². The fraction of sp³-hybridized carbons (Fsp3) is 0.429. The van der Waals surface area contributed by atoms with Crippen LogP contribution in [0.25, 0.3) is 11.0 Å². The quantitative estimate of drug-likeness (QED) is 0.885. The predicted octanol–water partition coefficient (Wildman–Crippen LogP) is 4.26. The van der Waals surface area contributed by atoms with Crippen LogP contribution in [0.4, 0.5) is 4.39 Å². The number of benzene rings is 1. The van der Waals surface area contributed by atoms with Gasteiger partial charge < -0.3 is 10.2 Å². The molecule has 0 radical (unpaired) electrons. The number of alkyl halides is 1. The van der Waals surface area contributed by atoms with Crippen LogP contribution in [0.2, 0.25) is 5.02 Å². The largest absolute Gasteiger partial charge is 0.458 e. The normalized spacial score (nSPS) is 15.9. The van der Waals surface area contributed by atoms with Crippen molar-refractivity contribution in [3.05, 3.63) is 35.0 Å². The first-order valence-corrected chi connectivity index (χ1v) is 6.24. The molecule has 1 atom stereocenters. The van der Waals surface area contributed by atoms with Crippen molar-refractivity contribution in [2.45, 2.75) is 26.4 Å². The Hall–Kier alpha value is -1.06. The Morgan fingerprint density at radius 3 is 2.50 bits per heavy atom. The minimum atomic E-state index is -1.70. The molecule has 1 unspecified atom stereocenters. The molecule has 0 spiro atoms. The number of nitrogens with two attached hydrogens (primary N) is 1. The lowest BCUT2D eigenvalue weighted by atomic mass is 9.76. The molecule has 1 aromatic carbocycles. The summed E-state index contributed by atoms with van der Waals surface area (Å²) in [6.45, 7) is 5.30. The van der Waals surface area contributed by atoms with E-state index >= 15 is 4.39 Å². The Morgan fingerprint density at radius 1 is 1.28 bits per heavy atom. The lowest BCUT2D eigenvalue weighted by Crippen LogP contribution is -2.42. The van der Waals surface area contributed by atoms with Crippen LogP contribution in [0.1, 0.15) is 26.5 Å². The molecule has 2 N–H and O–H groups in total. The van der Waals surface area contributed by atoms with E-state index in [0.717, 1.165) is 5.39 Å². The van der Waals surface area contributed by atoms with Gasteiger partial charge in [-0.3, -0.25) is 0 Å². The second kappa shape index (κ2) is 4.25. The van der Waals surface area contributed by atoms with Gasteiger partial charge in [0.25, 0.3) is 0 Å². The van der Waals surface area contributed by atoms with E-state index in [1.165, 1.54) is 0 Å². The maximum absolute atomic E-state index is 15.0. The molecule has 18 heavy (non-hydrogen) atoms. The summed E-state index contributed by atoms with van der Waals surface area (Å²) in [5, 5.41) is 1.39. The van der Waals surface area contributed by atoms with E-state index in [0.29, 0.717) is 10.6 Å². The molecule has 2 nitrogen and oxygen atoms in total. The van der Waals surface area contributed by atoms with Crippen molar-refractivity contribution in [2.24, 2.45) is 11.1 Å². The molecule has 0 bridgehead atoms. The van der Waals surface area contributed by atoms with Gasteiger partial charge >= 0.3 is 0 Å². The summed E-state index contributed by atoms with van der Waals surface area (Å²) in [6.07, 6.45) is 0. The van der Waals surface area contributed by atoms with Crippen LogP contribution in [0, 0.1) is 5.41 Å². The topological polar surface area (TPSA) is 39.2 Å². The van der Waals surface area contributed by atoms with E-state index in [1.54, 1.807) is 45.0 Å². The molecule has 0 amide bonds. The Balaban J connectivity index is 2.59. The zero-order valence-electron chi connectivity index (χ0n) is 10.8. The Morgan fingerprint density at radius 2 is 1.94 bits per heavy atom. The monoisotopic (exact) mass is 269 g/mol. The van der Waals surface area contributed by atoms with Crippen molar-refractivity contribution < 1.29 is 8.81 Å². The summed E-state index contributed by atoms with van der Waals surface area (Å²) in [5.74, 6) is 0.259. The minimum absolute atomic E-state index is 0.121. The molecule has 1 aromatic heterocycles. The number of halogens is 2. The fourth-order valence-electron chi connectivity index (χ4n) is 1.99. The van der Waals surface area contributed by atoms with Crippen LogP contribution in [0.5, 0.6) is 0 Å². The minimum Gasteiger partial charge on any atom is -0.458 e. The number of hydrogen-bond acceptors (Lipinski definition) is 2. The maximum Gasteiger partial charge on any atom is 0.185 e. The average molecular weight is 270 g/mol. The third kappa shape index (κ3) is 2.02. The summed E-state index contributed by atoms with van der Waals surface area (Å²) in [4.78, 5) is 0. The zero-order valence-corrected chi connectivity index (χ0v) is 11.5. The van der Waals surface area contributed by atoms with E-state index < -0.39 is 11.1 Å². The summed E-state index contributed by atoms with van der Waals surface area (Å²) < 4.78 is 20.6. The summed E-state index contributed by atoms with van der Waals surface area (Å²) in [6, 6.07) is 6.89. The van der Waals surface area contributed by atoms with Gasteiger partial charge in [0.2, 0.25) is 0 Å². The summed E-state index contributed by atoms with van der Waals surface area (Å²) in [5.41, 5.74) is 3.90. The molecule has 0 aliphatic heterocycles. The maximum atomic E-state index is 15.0. The van der Waals surface area contributed by atoms with Crippen molar-refractivity contribution in [2.75, 3.05) is 6.54 Å². The van der Waals surface area contributed by atoms with Crippen LogP contribution in [-0.2, 0) is 5.67 Å². The van der Waals surface area contributed by atoms with E-state index in [1.807, 2.05) is 0 Å². The van der Waals surface area contributed by atoms with Gasteiger partial charge in [-0.15, -0.1) is 0 Å². The molecule has 2 aromatic rings. The second-order valence-electron chi connectivity index (χ2n) is 5.55. The second-order valence-corrected chi connectivity index (χ2v) is 5.98. The lowest BCUT2D eigenvalue weighted by molar-refractivity contribution is 0.0143. The molecular formula is C14H17ClFNO. The molecule has 0 aliphatic rings. The van der Waals surface area contributed by atoms with Gasteiger partial charge in [-0.2, -0.15) is 0 Å². The highest BCUT2D eigenvalue weighted by Gasteiger charge is 2.45. The van der Waals surface area contributed by atoms with Crippen molar-refractivity contribution in [3.63, 3.8) is 0 Å². The standard InChI is InChI=1S/C14H17ClFNO/c1-13(2,3)14(16,8-17)12-7-9-6-10(15)4-5-11(9)18-12/h4-7H,8,17H2,1-3H3. The van der Waals surface area contributed by atoms with Gasteiger partial charge in [-0.25, -0.2) is 4.39 Å². The Bertz CT molecular complexity index is 573. The van der Waals surface area contributed by atoms with Crippen LogP contribution >= 0.6 is 11.6 Å². The highest BCUT2D eigenvalue weighted by atomic mass is 35.5. The number of rotatable bonds is 2. The van der Waals surface area contributed by atoms with Crippen molar-refractivity contribution in [1.82, 2.24) is 0 Å². The highest BCUT2D eigenvalue weighted by Crippen LogP contribution is 2.44. The first-order chi connectivity index (χ1) is 8.28. The average Bonchev–Trinajstić information content (AvgIpc) is 2.69. The number of furan rings is 1. The predicted molar refractivity (Wildman–Crippen MR) is 72.5 cm³/mol. The van der Waals surface area contributed by atoms with Gasteiger partial charge in [0.05, 0.1) is 0 Å². The molecule has 0 aliphatic carbocycles.